The molecular weight excluding hydrogens is 255 g/mol. The number of aryl methyl sites for hydroxylation is 1. The minimum atomic E-state index is -0.170. The second-order valence-electron chi connectivity index (χ2n) is 5.74. The predicted octanol–water partition coefficient (Wildman–Crippen LogP) is 2.79. The minimum absolute atomic E-state index is 0.170. The number of ether oxygens (including phenoxy) is 1. The Morgan fingerprint density at radius 3 is 3.00 bits per heavy atom. The van der Waals surface area contributed by atoms with Crippen molar-refractivity contribution in [2.75, 3.05) is 26.8 Å². The van der Waals surface area contributed by atoms with Gasteiger partial charge in [0.2, 0.25) is 0 Å². The average molecular weight is 276 g/mol. The molecule has 0 aliphatic carbocycles. The maximum Gasteiger partial charge on any atom is 0.123 e. The van der Waals surface area contributed by atoms with Crippen molar-refractivity contribution in [2.45, 2.75) is 13.0 Å². The van der Waals surface area contributed by atoms with Gasteiger partial charge in [-0.15, -0.1) is 0 Å². The Morgan fingerprint density at radius 2 is 2.20 bits per heavy atom. The second-order valence-corrected chi connectivity index (χ2v) is 5.74. The van der Waals surface area contributed by atoms with E-state index in [-0.39, 0.29) is 5.82 Å². The fourth-order valence-electron chi connectivity index (χ4n) is 3.19. The van der Waals surface area contributed by atoms with Crippen molar-refractivity contribution < 1.29 is 9.13 Å². The maximum atomic E-state index is 13.3. The molecule has 0 bridgehead atoms. The van der Waals surface area contributed by atoms with E-state index in [9.17, 15) is 4.39 Å². The van der Waals surface area contributed by atoms with Gasteiger partial charge in [0.1, 0.15) is 5.82 Å². The monoisotopic (exact) mass is 276 g/mol. The smallest absolute Gasteiger partial charge is 0.123 e. The standard InChI is InChI=1S/C16H21FN2O/c1-18-15(8-13-7-14(17)3-4-16(13)18)10-19-6-5-12(9-19)11-20-2/h3-4,7-8,12H,5-6,9-11H2,1-2H3/t12-/m1/s1. The summed E-state index contributed by atoms with van der Waals surface area (Å²) in [5.41, 5.74) is 2.33. The van der Waals surface area contributed by atoms with Gasteiger partial charge in [-0.05, 0) is 43.1 Å². The molecule has 0 N–H and O–H groups in total. The molecule has 0 radical (unpaired) electrons. The lowest BCUT2D eigenvalue weighted by Crippen LogP contribution is -2.22. The molecule has 0 spiro atoms. The summed E-state index contributed by atoms with van der Waals surface area (Å²) < 4.78 is 20.7. The summed E-state index contributed by atoms with van der Waals surface area (Å²) in [5, 5.41) is 0.982. The number of likely N-dealkylation sites (tertiary alicyclic amines) is 1. The van der Waals surface area contributed by atoms with Gasteiger partial charge < -0.3 is 9.30 Å². The van der Waals surface area contributed by atoms with Crippen LogP contribution in [0, 0.1) is 11.7 Å². The molecule has 1 fully saturated rings. The van der Waals surface area contributed by atoms with Crippen LogP contribution >= 0.6 is 0 Å². The molecule has 3 nitrogen and oxygen atoms in total. The van der Waals surface area contributed by atoms with Crippen LogP contribution < -0.4 is 0 Å². The van der Waals surface area contributed by atoms with E-state index in [2.05, 4.69) is 22.6 Å². The molecule has 0 amide bonds. The Hall–Kier alpha value is -1.39. The highest BCUT2D eigenvalue weighted by Crippen LogP contribution is 2.23. The third kappa shape index (κ3) is 2.58. The number of hydrogen-bond acceptors (Lipinski definition) is 2. The zero-order valence-corrected chi connectivity index (χ0v) is 12.1. The first kappa shape index (κ1) is 13.6. The summed E-state index contributed by atoms with van der Waals surface area (Å²) in [6.45, 7) is 3.97. The van der Waals surface area contributed by atoms with Gasteiger partial charge in [0.15, 0.2) is 0 Å². The third-order valence-corrected chi connectivity index (χ3v) is 4.26. The van der Waals surface area contributed by atoms with Crippen molar-refractivity contribution in [3.63, 3.8) is 0 Å². The summed E-state index contributed by atoms with van der Waals surface area (Å²) >= 11 is 0. The van der Waals surface area contributed by atoms with Crippen LogP contribution in [0.1, 0.15) is 12.1 Å². The lowest BCUT2D eigenvalue weighted by molar-refractivity contribution is 0.152. The second kappa shape index (κ2) is 5.54. The number of benzene rings is 1. The van der Waals surface area contributed by atoms with Crippen LogP contribution in [0.3, 0.4) is 0 Å². The van der Waals surface area contributed by atoms with Gasteiger partial charge in [-0.2, -0.15) is 0 Å². The molecular formula is C16H21FN2O. The van der Waals surface area contributed by atoms with Crippen molar-refractivity contribution in [3.8, 4) is 0 Å². The molecule has 0 saturated carbocycles. The highest BCUT2D eigenvalue weighted by Gasteiger charge is 2.23. The van der Waals surface area contributed by atoms with Crippen molar-refractivity contribution in [1.29, 1.82) is 0 Å². The number of aromatic nitrogens is 1. The van der Waals surface area contributed by atoms with Crippen LogP contribution in [0.4, 0.5) is 4.39 Å². The topological polar surface area (TPSA) is 17.4 Å². The molecule has 0 unspecified atom stereocenters. The van der Waals surface area contributed by atoms with Crippen molar-refractivity contribution in [3.05, 3.63) is 35.8 Å². The summed E-state index contributed by atoms with van der Waals surface area (Å²) in [6.07, 6.45) is 1.20. The fourth-order valence-corrected chi connectivity index (χ4v) is 3.19. The van der Waals surface area contributed by atoms with E-state index in [0.29, 0.717) is 5.92 Å². The molecule has 1 aliphatic rings. The normalized spacial score (nSPS) is 20.1. The van der Waals surface area contributed by atoms with Gasteiger partial charge in [-0.1, -0.05) is 0 Å². The number of nitrogens with zero attached hydrogens (tertiary/aromatic N) is 2. The van der Waals surface area contributed by atoms with E-state index in [4.69, 9.17) is 4.74 Å². The average Bonchev–Trinajstić information content (AvgIpc) is 2.96. The molecule has 2 heterocycles. The quantitative estimate of drug-likeness (QED) is 0.854. The van der Waals surface area contributed by atoms with E-state index in [0.717, 1.165) is 37.1 Å². The number of fused-ring (bicyclic) bond motifs is 1. The molecule has 108 valence electrons. The highest BCUT2D eigenvalue weighted by atomic mass is 19.1. The minimum Gasteiger partial charge on any atom is -0.384 e. The fraction of sp³-hybridized carbons (Fsp3) is 0.500. The predicted molar refractivity (Wildman–Crippen MR) is 78.1 cm³/mol. The molecule has 3 rings (SSSR count). The summed E-state index contributed by atoms with van der Waals surface area (Å²) in [7, 11) is 3.82. The number of halogens is 1. The molecule has 4 heteroatoms. The van der Waals surface area contributed by atoms with E-state index >= 15 is 0 Å². The lowest BCUT2D eigenvalue weighted by Gasteiger charge is -2.16. The zero-order valence-electron chi connectivity index (χ0n) is 12.1. The largest absolute Gasteiger partial charge is 0.384 e. The van der Waals surface area contributed by atoms with Crippen molar-refractivity contribution in [2.24, 2.45) is 13.0 Å². The van der Waals surface area contributed by atoms with Gasteiger partial charge in [-0.25, -0.2) is 4.39 Å². The van der Waals surface area contributed by atoms with Crippen LogP contribution in [0.25, 0.3) is 10.9 Å². The molecule has 1 aliphatic heterocycles. The SMILES string of the molecule is COC[C@@H]1CCN(Cc2cc3cc(F)ccc3n2C)C1. The summed E-state index contributed by atoms with van der Waals surface area (Å²) in [4.78, 5) is 2.45. The van der Waals surface area contributed by atoms with Crippen molar-refractivity contribution >= 4 is 10.9 Å². The lowest BCUT2D eigenvalue weighted by atomic mass is 10.1. The van der Waals surface area contributed by atoms with Crippen LogP contribution in [-0.2, 0) is 18.3 Å². The Bertz CT molecular complexity index is 608. The van der Waals surface area contributed by atoms with Crippen LogP contribution in [0.15, 0.2) is 24.3 Å². The third-order valence-electron chi connectivity index (χ3n) is 4.26. The van der Waals surface area contributed by atoms with Gasteiger partial charge in [0.05, 0.1) is 6.61 Å². The molecule has 1 aromatic carbocycles. The Kier molecular flexibility index (Phi) is 3.76. The first-order valence-corrected chi connectivity index (χ1v) is 7.12. The molecule has 1 aromatic heterocycles. The van der Waals surface area contributed by atoms with E-state index < -0.39 is 0 Å². The molecule has 2 aromatic rings. The van der Waals surface area contributed by atoms with Crippen LogP contribution in [-0.4, -0.2) is 36.3 Å². The highest BCUT2D eigenvalue weighted by molar-refractivity contribution is 5.81. The maximum absolute atomic E-state index is 13.3. The van der Waals surface area contributed by atoms with Crippen LogP contribution in [0.2, 0.25) is 0 Å². The number of rotatable bonds is 4. The van der Waals surface area contributed by atoms with E-state index in [1.165, 1.54) is 18.2 Å². The molecule has 20 heavy (non-hydrogen) atoms. The molecule has 1 atom stereocenters. The Labute approximate surface area is 118 Å². The first-order valence-electron chi connectivity index (χ1n) is 7.12. The van der Waals surface area contributed by atoms with E-state index in [1.54, 1.807) is 13.2 Å². The van der Waals surface area contributed by atoms with Gasteiger partial charge >= 0.3 is 0 Å². The zero-order chi connectivity index (χ0) is 14.1. The Morgan fingerprint density at radius 1 is 1.35 bits per heavy atom. The number of hydrogen-bond donors (Lipinski definition) is 0. The van der Waals surface area contributed by atoms with Crippen molar-refractivity contribution in [1.82, 2.24) is 9.47 Å². The number of methoxy groups -OCH3 is 1. The Balaban J connectivity index is 1.76. The van der Waals surface area contributed by atoms with E-state index in [1.807, 2.05) is 6.07 Å². The van der Waals surface area contributed by atoms with Gasteiger partial charge in [0, 0.05) is 43.8 Å². The van der Waals surface area contributed by atoms with Gasteiger partial charge in [0.25, 0.3) is 0 Å². The van der Waals surface area contributed by atoms with Gasteiger partial charge in [-0.3, -0.25) is 4.90 Å². The summed E-state index contributed by atoms with van der Waals surface area (Å²) in [5.74, 6) is 0.475. The molecule has 1 saturated heterocycles. The first-order chi connectivity index (χ1) is 9.67. The summed E-state index contributed by atoms with van der Waals surface area (Å²) in [6, 6.07) is 7.08. The van der Waals surface area contributed by atoms with Crippen LogP contribution in [0.5, 0.6) is 0 Å².